The molecule has 2 rings (SSSR count). The Morgan fingerprint density at radius 3 is 2.58 bits per heavy atom. The molecule has 0 radical (unpaired) electrons. The SMILES string of the molecule is Cc1sc(Br)cc1S(=O)(=O)Nc1cccc(Cl)c1Cl. The van der Waals surface area contributed by atoms with E-state index in [4.69, 9.17) is 23.2 Å². The number of nitrogens with one attached hydrogen (secondary N) is 1. The molecule has 1 N–H and O–H groups in total. The summed E-state index contributed by atoms with van der Waals surface area (Å²) in [5.41, 5.74) is 0.260. The van der Waals surface area contributed by atoms with Gasteiger partial charge in [-0.25, -0.2) is 8.42 Å². The van der Waals surface area contributed by atoms with E-state index >= 15 is 0 Å². The van der Waals surface area contributed by atoms with Crippen LogP contribution < -0.4 is 4.72 Å². The highest BCUT2D eigenvalue weighted by molar-refractivity contribution is 9.11. The Morgan fingerprint density at radius 1 is 1.32 bits per heavy atom. The van der Waals surface area contributed by atoms with E-state index < -0.39 is 10.0 Å². The molecule has 0 aliphatic carbocycles. The van der Waals surface area contributed by atoms with E-state index in [1.54, 1.807) is 31.2 Å². The number of thiophene rings is 1. The van der Waals surface area contributed by atoms with Gasteiger partial charge in [-0.2, -0.15) is 0 Å². The van der Waals surface area contributed by atoms with Crippen LogP contribution in [0.25, 0.3) is 0 Å². The number of hydrogen-bond donors (Lipinski definition) is 1. The zero-order chi connectivity index (χ0) is 14.2. The molecule has 0 amide bonds. The van der Waals surface area contributed by atoms with Gasteiger partial charge in [0, 0.05) is 4.88 Å². The van der Waals surface area contributed by atoms with Crippen LogP contribution in [0.15, 0.2) is 32.9 Å². The minimum atomic E-state index is -3.68. The molecule has 0 unspecified atom stereocenters. The van der Waals surface area contributed by atoms with Gasteiger partial charge in [-0.15, -0.1) is 11.3 Å². The van der Waals surface area contributed by atoms with Gasteiger partial charge in [0.1, 0.15) is 4.90 Å². The predicted octanol–water partition coefficient (Wildman–Crippen LogP) is 4.93. The molecule has 0 atom stereocenters. The van der Waals surface area contributed by atoms with E-state index in [0.29, 0.717) is 9.90 Å². The highest BCUT2D eigenvalue weighted by Crippen LogP contribution is 2.34. The Morgan fingerprint density at radius 2 is 2.00 bits per heavy atom. The van der Waals surface area contributed by atoms with E-state index in [9.17, 15) is 8.42 Å². The quantitative estimate of drug-likeness (QED) is 0.793. The fraction of sp³-hybridized carbons (Fsp3) is 0.0909. The van der Waals surface area contributed by atoms with Gasteiger partial charge in [-0.05, 0) is 41.1 Å². The summed E-state index contributed by atoms with van der Waals surface area (Å²) in [4.78, 5) is 0.915. The maximum atomic E-state index is 12.3. The van der Waals surface area contributed by atoms with Crippen molar-refractivity contribution in [1.29, 1.82) is 0 Å². The number of anilines is 1. The molecule has 1 aromatic carbocycles. The van der Waals surface area contributed by atoms with E-state index in [0.717, 1.165) is 3.79 Å². The van der Waals surface area contributed by atoms with Crippen LogP contribution in [-0.2, 0) is 10.0 Å². The molecular weight excluding hydrogens is 393 g/mol. The van der Waals surface area contributed by atoms with Gasteiger partial charge in [-0.1, -0.05) is 29.3 Å². The van der Waals surface area contributed by atoms with Gasteiger partial charge in [0.25, 0.3) is 10.0 Å². The number of sulfonamides is 1. The lowest BCUT2D eigenvalue weighted by molar-refractivity contribution is 0.601. The number of benzene rings is 1. The van der Waals surface area contributed by atoms with Gasteiger partial charge in [-0.3, -0.25) is 4.72 Å². The molecule has 0 saturated carbocycles. The van der Waals surface area contributed by atoms with Crippen molar-refractivity contribution in [3.63, 3.8) is 0 Å². The number of aryl methyl sites for hydroxylation is 1. The minimum Gasteiger partial charge on any atom is -0.278 e. The maximum absolute atomic E-state index is 12.3. The van der Waals surface area contributed by atoms with Crippen LogP contribution in [0.3, 0.4) is 0 Å². The highest BCUT2D eigenvalue weighted by Gasteiger charge is 2.21. The normalized spacial score (nSPS) is 11.6. The summed E-state index contributed by atoms with van der Waals surface area (Å²) in [6.07, 6.45) is 0. The molecule has 0 fully saturated rings. The molecule has 3 nitrogen and oxygen atoms in total. The molecule has 0 bridgehead atoms. The summed E-state index contributed by atoms with van der Waals surface area (Å²) in [7, 11) is -3.68. The topological polar surface area (TPSA) is 46.2 Å². The van der Waals surface area contributed by atoms with Gasteiger partial charge < -0.3 is 0 Å². The van der Waals surface area contributed by atoms with Crippen LogP contribution in [-0.4, -0.2) is 8.42 Å². The van der Waals surface area contributed by atoms with Gasteiger partial charge in [0.05, 0.1) is 19.5 Å². The second-order valence-electron chi connectivity index (χ2n) is 3.68. The summed E-state index contributed by atoms with van der Waals surface area (Å²) in [5, 5.41) is 0.477. The average molecular weight is 401 g/mol. The molecule has 0 saturated heterocycles. The van der Waals surface area contributed by atoms with Gasteiger partial charge in [0.2, 0.25) is 0 Å². The van der Waals surface area contributed by atoms with Gasteiger partial charge >= 0.3 is 0 Å². The lowest BCUT2D eigenvalue weighted by Crippen LogP contribution is -2.13. The maximum Gasteiger partial charge on any atom is 0.263 e. The third-order valence-electron chi connectivity index (χ3n) is 2.33. The Labute approximate surface area is 133 Å². The van der Waals surface area contributed by atoms with Crippen LogP contribution in [0.5, 0.6) is 0 Å². The van der Waals surface area contributed by atoms with E-state index in [1.165, 1.54) is 11.3 Å². The molecule has 1 aromatic heterocycles. The molecule has 8 heteroatoms. The van der Waals surface area contributed by atoms with Crippen LogP contribution >= 0.6 is 50.5 Å². The number of hydrogen-bond acceptors (Lipinski definition) is 3. The van der Waals surface area contributed by atoms with Crippen molar-refractivity contribution in [2.24, 2.45) is 0 Å². The lowest BCUT2D eigenvalue weighted by Gasteiger charge is -2.09. The Bertz CT molecular complexity index is 728. The first kappa shape index (κ1) is 15.1. The zero-order valence-corrected chi connectivity index (χ0v) is 14.3. The summed E-state index contributed by atoms with van der Waals surface area (Å²) >= 11 is 16.4. The van der Waals surface area contributed by atoms with Crippen LogP contribution in [0, 0.1) is 6.92 Å². The van der Waals surface area contributed by atoms with Crippen LogP contribution in [0.4, 0.5) is 5.69 Å². The fourth-order valence-electron chi connectivity index (χ4n) is 1.48. The lowest BCUT2D eigenvalue weighted by atomic mass is 10.3. The van der Waals surface area contributed by atoms with Crippen molar-refractivity contribution in [2.45, 2.75) is 11.8 Å². The first-order chi connectivity index (χ1) is 8.81. The monoisotopic (exact) mass is 399 g/mol. The molecule has 2 aromatic rings. The molecule has 1 heterocycles. The molecular formula is C11H8BrCl2NO2S2. The molecule has 102 valence electrons. The van der Waals surface area contributed by atoms with Crippen LogP contribution in [0.2, 0.25) is 10.0 Å². The van der Waals surface area contributed by atoms with E-state index in [2.05, 4.69) is 20.7 Å². The number of halogens is 3. The van der Waals surface area contributed by atoms with Crippen molar-refractivity contribution in [3.05, 3.63) is 43.0 Å². The molecule has 0 aliphatic heterocycles. The van der Waals surface area contributed by atoms with Gasteiger partial charge in [0.15, 0.2) is 0 Å². The Balaban J connectivity index is 2.42. The van der Waals surface area contributed by atoms with Crippen molar-refractivity contribution in [2.75, 3.05) is 4.72 Å². The molecule has 0 spiro atoms. The van der Waals surface area contributed by atoms with Crippen LogP contribution in [0.1, 0.15) is 4.88 Å². The first-order valence-corrected chi connectivity index (χ1v) is 8.89. The smallest absolute Gasteiger partial charge is 0.263 e. The molecule has 19 heavy (non-hydrogen) atoms. The summed E-state index contributed by atoms with van der Waals surface area (Å²) in [5.74, 6) is 0. The second kappa shape index (κ2) is 5.61. The number of rotatable bonds is 3. The summed E-state index contributed by atoms with van der Waals surface area (Å²) in [6.45, 7) is 1.74. The van der Waals surface area contributed by atoms with E-state index in [-0.39, 0.29) is 15.6 Å². The van der Waals surface area contributed by atoms with Crippen molar-refractivity contribution >= 4 is 66.2 Å². The predicted molar refractivity (Wildman–Crippen MR) is 84.0 cm³/mol. The first-order valence-electron chi connectivity index (χ1n) is 5.04. The third-order valence-corrected chi connectivity index (χ3v) is 6.32. The Hall–Kier alpha value is -0.270. The third kappa shape index (κ3) is 3.25. The zero-order valence-electron chi connectivity index (χ0n) is 9.58. The second-order valence-corrected chi connectivity index (χ2v) is 8.75. The minimum absolute atomic E-state index is 0.180. The summed E-state index contributed by atoms with van der Waals surface area (Å²) < 4.78 is 27.7. The van der Waals surface area contributed by atoms with Crippen molar-refractivity contribution in [1.82, 2.24) is 0 Å². The Kier molecular flexibility index (Phi) is 4.47. The standard InChI is InChI=1S/C11H8BrCl2NO2S2/c1-6-9(5-10(12)18-6)19(16,17)15-8-4-2-3-7(13)11(8)14/h2-5,15H,1H3. The van der Waals surface area contributed by atoms with E-state index in [1.807, 2.05) is 0 Å². The average Bonchev–Trinajstić information content (AvgIpc) is 2.65. The molecule has 0 aliphatic rings. The van der Waals surface area contributed by atoms with Crippen molar-refractivity contribution < 1.29 is 8.42 Å². The van der Waals surface area contributed by atoms with Crippen molar-refractivity contribution in [3.8, 4) is 0 Å². The fourth-order valence-corrected chi connectivity index (χ4v) is 5.37. The highest BCUT2D eigenvalue weighted by atomic mass is 79.9. The largest absolute Gasteiger partial charge is 0.278 e. The summed E-state index contributed by atoms with van der Waals surface area (Å²) in [6, 6.07) is 6.33.